The summed E-state index contributed by atoms with van der Waals surface area (Å²) in [5.41, 5.74) is 4.83. The predicted molar refractivity (Wildman–Crippen MR) is 165 cm³/mol. The van der Waals surface area contributed by atoms with E-state index in [1.54, 1.807) is 24.3 Å². The van der Waals surface area contributed by atoms with E-state index in [0.717, 1.165) is 53.0 Å². The summed E-state index contributed by atoms with van der Waals surface area (Å²) in [4.78, 5) is 34.7. The van der Waals surface area contributed by atoms with Gasteiger partial charge < -0.3 is 14.5 Å². The molecule has 6 heteroatoms. The van der Waals surface area contributed by atoms with E-state index in [1.807, 2.05) is 61.5 Å². The Hall–Kier alpha value is -4.19. The first-order valence-corrected chi connectivity index (χ1v) is 15.6. The summed E-state index contributed by atoms with van der Waals surface area (Å²) in [6.07, 6.45) is 10.0. The minimum absolute atomic E-state index is 0.172. The summed E-state index contributed by atoms with van der Waals surface area (Å²) in [6, 6.07) is 24.2. The number of H-pyrrole nitrogens is 1. The van der Waals surface area contributed by atoms with Crippen molar-refractivity contribution in [1.29, 1.82) is 0 Å². The third kappa shape index (κ3) is 5.88. The molecule has 0 amide bonds. The molecule has 0 saturated heterocycles. The highest BCUT2D eigenvalue weighted by Gasteiger charge is 2.50. The van der Waals surface area contributed by atoms with Crippen molar-refractivity contribution >= 4 is 11.9 Å². The number of ether oxygens (including phenoxy) is 2. The van der Waals surface area contributed by atoms with Gasteiger partial charge in [-0.1, -0.05) is 60.7 Å². The second-order valence-electron chi connectivity index (χ2n) is 13.1. The molecular formula is C37H38N2O4. The number of aryl methyl sites for hydroxylation is 2. The molecule has 3 aromatic carbocycles. The SMILES string of the molecule is Cc1ccccc1-c1nc(C(=O)Oc2cccc(C(=O)OCc3ccccc3)c2)c(CCC23CC4CC(CC(C4)C2)C3)[nH]1. The number of hydrogen-bond acceptors (Lipinski definition) is 5. The van der Waals surface area contributed by atoms with Gasteiger partial charge in [0.2, 0.25) is 0 Å². The zero-order valence-corrected chi connectivity index (χ0v) is 24.7. The van der Waals surface area contributed by atoms with Gasteiger partial charge in [-0.15, -0.1) is 0 Å². The van der Waals surface area contributed by atoms with E-state index in [9.17, 15) is 9.59 Å². The number of nitrogens with zero attached hydrogens (tertiary/aromatic N) is 1. The van der Waals surface area contributed by atoms with Gasteiger partial charge in [0.05, 0.1) is 5.56 Å². The lowest BCUT2D eigenvalue weighted by Gasteiger charge is -2.57. The topological polar surface area (TPSA) is 81.3 Å². The van der Waals surface area contributed by atoms with Crippen molar-refractivity contribution in [3.63, 3.8) is 0 Å². The Bertz CT molecular complexity index is 1600. The Kier molecular flexibility index (Phi) is 7.38. The molecule has 1 heterocycles. The van der Waals surface area contributed by atoms with Gasteiger partial charge in [-0.05, 0) is 111 Å². The fraction of sp³-hybridized carbons (Fsp3) is 0.378. The van der Waals surface area contributed by atoms with Crippen molar-refractivity contribution < 1.29 is 19.1 Å². The lowest BCUT2D eigenvalue weighted by molar-refractivity contribution is -0.0571. The number of rotatable bonds is 9. The summed E-state index contributed by atoms with van der Waals surface area (Å²) in [5, 5.41) is 0. The Balaban J connectivity index is 1.10. The molecule has 6 nitrogen and oxygen atoms in total. The molecule has 4 aliphatic carbocycles. The van der Waals surface area contributed by atoms with Gasteiger partial charge in [0.1, 0.15) is 18.2 Å². The molecule has 0 spiro atoms. The number of benzene rings is 3. The van der Waals surface area contributed by atoms with Gasteiger partial charge in [0.25, 0.3) is 0 Å². The molecule has 0 atom stereocenters. The molecule has 0 aliphatic heterocycles. The molecule has 8 rings (SSSR count). The fourth-order valence-electron chi connectivity index (χ4n) is 8.36. The smallest absolute Gasteiger partial charge is 0.364 e. The van der Waals surface area contributed by atoms with Crippen LogP contribution in [0.1, 0.15) is 82.6 Å². The first kappa shape index (κ1) is 27.6. The van der Waals surface area contributed by atoms with Gasteiger partial charge in [-0.25, -0.2) is 14.6 Å². The second kappa shape index (κ2) is 11.5. The van der Waals surface area contributed by atoms with Crippen LogP contribution in [0.2, 0.25) is 0 Å². The molecule has 4 aromatic rings. The van der Waals surface area contributed by atoms with E-state index < -0.39 is 11.9 Å². The Labute approximate surface area is 252 Å². The normalized spacial score (nSPS) is 23.7. The average molecular weight is 575 g/mol. The van der Waals surface area contributed by atoms with Gasteiger partial charge >= 0.3 is 11.9 Å². The molecule has 0 radical (unpaired) electrons. The van der Waals surface area contributed by atoms with E-state index in [2.05, 4.69) is 4.98 Å². The lowest BCUT2D eigenvalue weighted by Crippen LogP contribution is -2.46. The first-order chi connectivity index (χ1) is 20.9. The number of esters is 2. The van der Waals surface area contributed by atoms with Crippen LogP contribution in [-0.2, 0) is 17.8 Å². The quantitative estimate of drug-likeness (QED) is 0.161. The number of aromatic nitrogens is 2. The number of nitrogens with one attached hydrogen (secondary N) is 1. The van der Waals surface area contributed by atoms with E-state index >= 15 is 0 Å². The number of carbonyl (C=O) groups is 2. The number of imidazole rings is 1. The van der Waals surface area contributed by atoms with Crippen molar-refractivity contribution in [2.45, 2.75) is 64.9 Å². The van der Waals surface area contributed by atoms with Gasteiger partial charge in [0, 0.05) is 11.3 Å². The zero-order chi connectivity index (χ0) is 29.4. The lowest BCUT2D eigenvalue weighted by atomic mass is 9.48. The van der Waals surface area contributed by atoms with Crippen molar-refractivity contribution in [2.75, 3.05) is 0 Å². The van der Waals surface area contributed by atoms with Crippen LogP contribution in [-0.4, -0.2) is 21.9 Å². The minimum atomic E-state index is -0.522. The summed E-state index contributed by atoms with van der Waals surface area (Å²) >= 11 is 0. The maximum atomic E-state index is 13.7. The number of aromatic amines is 1. The maximum absolute atomic E-state index is 13.7. The highest BCUT2D eigenvalue weighted by molar-refractivity contribution is 5.92. The fourth-order valence-corrected chi connectivity index (χ4v) is 8.36. The van der Waals surface area contributed by atoms with Crippen molar-refractivity contribution in [2.24, 2.45) is 23.2 Å². The molecule has 4 aliphatic rings. The molecule has 43 heavy (non-hydrogen) atoms. The molecule has 4 bridgehead atoms. The van der Waals surface area contributed by atoms with Crippen LogP contribution in [0.4, 0.5) is 0 Å². The van der Waals surface area contributed by atoms with Crippen molar-refractivity contribution in [3.05, 3.63) is 107 Å². The van der Waals surface area contributed by atoms with Gasteiger partial charge in [0.15, 0.2) is 5.69 Å². The maximum Gasteiger partial charge on any atom is 0.364 e. The van der Waals surface area contributed by atoms with Gasteiger partial charge in [-0.2, -0.15) is 0 Å². The van der Waals surface area contributed by atoms with Crippen molar-refractivity contribution in [3.8, 4) is 17.1 Å². The Morgan fingerprint density at radius 2 is 1.56 bits per heavy atom. The van der Waals surface area contributed by atoms with Crippen molar-refractivity contribution in [1.82, 2.24) is 9.97 Å². The average Bonchev–Trinajstić information content (AvgIpc) is 3.43. The largest absolute Gasteiger partial charge is 0.457 e. The standard InChI is InChI=1S/C37H38N2O4/c1-24-8-5-6-13-31(24)34-38-32(14-15-37-20-26-16-27(21-37)18-28(17-26)22-37)33(39-34)36(41)43-30-12-7-11-29(19-30)35(40)42-23-25-9-3-2-4-10-25/h2-13,19,26-28H,14-18,20-23H2,1H3,(H,38,39). The van der Waals surface area contributed by atoms with Crippen LogP contribution < -0.4 is 4.74 Å². The molecule has 4 fully saturated rings. The third-order valence-electron chi connectivity index (χ3n) is 9.94. The van der Waals surface area contributed by atoms with E-state index in [1.165, 1.54) is 38.5 Å². The van der Waals surface area contributed by atoms with Crippen LogP contribution in [0, 0.1) is 30.1 Å². The monoisotopic (exact) mass is 574 g/mol. The van der Waals surface area contributed by atoms with E-state index in [-0.39, 0.29) is 12.4 Å². The Morgan fingerprint density at radius 3 is 2.28 bits per heavy atom. The van der Waals surface area contributed by atoms with Crippen LogP contribution in [0.15, 0.2) is 78.9 Å². The molecule has 220 valence electrons. The molecule has 4 saturated carbocycles. The second-order valence-corrected chi connectivity index (χ2v) is 13.1. The van der Waals surface area contributed by atoms with Gasteiger partial charge in [-0.3, -0.25) is 0 Å². The van der Waals surface area contributed by atoms with Crippen LogP contribution >= 0.6 is 0 Å². The predicted octanol–water partition coefficient (Wildman–Crippen LogP) is 8.11. The molecule has 0 unspecified atom stereocenters. The van der Waals surface area contributed by atoms with Crippen LogP contribution in [0.5, 0.6) is 5.75 Å². The highest BCUT2D eigenvalue weighted by Crippen LogP contribution is 2.61. The third-order valence-corrected chi connectivity index (χ3v) is 9.94. The summed E-state index contributed by atoms with van der Waals surface area (Å²) < 4.78 is 11.3. The Morgan fingerprint density at radius 1 is 0.860 bits per heavy atom. The van der Waals surface area contributed by atoms with E-state index in [4.69, 9.17) is 14.5 Å². The molecule has 1 N–H and O–H groups in total. The summed E-state index contributed by atoms with van der Waals surface area (Å²) in [5.74, 6) is 2.62. The summed E-state index contributed by atoms with van der Waals surface area (Å²) in [6.45, 7) is 2.22. The minimum Gasteiger partial charge on any atom is -0.457 e. The molecular weight excluding hydrogens is 536 g/mol. The first-order valence-electron chi connectivity index (χ1n) is 15.6. The van der Waals surface area contributed by atoms with Crippen LogP contribution in [0.3, 0.4) is 0 Å². The molecule has 1 aromatic heterocycles. The van der Waals surface area contributed by atoms with E-state index in [0.29, 0.717) is 22.5 Å². The highest BCUT2D eigenvalue weighted by atomic mass is 16.5. The summed E-state index contributed by atoms with van der Waals surface area (Å²) in [7, 11) is 0. The number of carbonyl (C=O) groups excluding carboxylic acids is 2. The zero-order valence-electron chi connectivity index (χ0n) is 24.7. The number of hydrogen-bond donors (Lipinski definition) is 1. The van der Waals surface area contributed by atoms with Crippen LogP contribution in [0.25, 0.3) is 11.4 Å².